The number of aromatic hydroxyl groups is 1. The normalized spacial score (nSPS) is 21.1. The third-order valence-electron chi connectivity index (χ3n) is 5.33. The number of carbonyl (C=O) groups is 1. The summed E-state index contributed by atoms with van der Waals surface area (Å²) < 4.78 is 6.85. The third-order valence-corrected chi connectivity index (χ3v) is 6.36. The number of nitrogens with zero attached hydrogens (tertiary/aromatic N) is 3. The Morgan fingerprint density at radius 2 is 2.21 bits per heavy atom. The van der Waals surface area contributed by atoms with Crippen molar-refractivity contribution >= 4 is 23.1 Å². The number of phenolic OH excluding ortho intramolecular Hbond substituents is 1. The van der Waals surface area contributed by atoms with Gasteiger partial charge in [-0.1, -0.05) is 12.1 Å². The molecule has 0 unspecified atom stereocenters. The Balaban J connectivity index is 1.62. The fourth-order valence-electron chi connectivity index (χ4n) is 4.06. The first kappa shape index (κ1) is 17.0. The van der Waals surface area contributed by atoms with E-state index < -0.39 is 6.04 Å². The Hall–Kier alpha value is -3.13. The van der Waals surface area contributed by atoms with Gasteiger partial charge < -0.3 is 15.2 Å². The lowest BCUT2D eigenvalue weighted by Crippen LogP contribution is -2.33. The van der Waals surface area contributed by atoms with E-state index in [0.29, 0.717) is 23.7 Å². The van der Waals surface area contributed by atoms with Crippen LogP contribution in [0, 0.1) is 0 Å². The number of rotatable bonds is 3. The van der Waals surface area contributed by atoms with Crippen LogP contribution in [0.3, 0.4) is 0 Å². The van der Waals surface area contributed by atoms with Crippen molar-refractivity contribution in [3.8, 4) is 11.5 Å². The Morgan fingerprint density at radius 3 is 2.96 bits per heavy atom. The van der Waals surface area contributed by atoms with E-state index in [2.05, 4.69) is 21.5 Å². The second kappa shape index (κ2) is 6.49. The van der Waals surface area contributed by atoms with Gasteiger partial charge in [-0.3, -0.25) is 4.79 Å². The largest absolute Gasteiger partial charge is 0.504 e. The third kappa shape index (κ3) is 2.60. The van der Waals surface area contributed by atoms with Crippen LogP contribution in [0.15, 0.2) is 53.3 Å². The van der Waals surface area contributed by atoms with Gasteiger partial charge in [0.25, 0.3) is 0 Å². The summed E-state index contributed by atoms with van der Waals surface area (Å²) in [5.41, 5.74) is 2.34. The quantitative estimate of drug-likeness (QED) is 0.707. The molecular weight excluding hydrogens is 376 g/mol. The van der Waals surface area contributed by atoms with Crippen molar-refractivity contribution in [2.24, 2.45) is 0 Å². The number of anilines is 1. The van der Waals surface area contributed by atoms with Gasteiger partial charge in [0.2, 0.25) is 5.95 Å². The zero-order valence-electron chi connectivity index (χ0n) is 15.1. The summed E-state index contributed by atoms with van der Waals surface area (Å²) in [6.07, 6.45) is 2.68. The predicted molar refractivity (Wildman–Crippen MR) is 105 cm³/mol. The lowest BCUT2D eigenvalue weighted by molar-refractivity contribution is -0.116. The Morgan fingerprint density at radius 1 is 1.32 bits per heavy atom. The van der Waals surface area contributed by atoms with Gasteiger partial charge in [0.15, 0.2) is 17.3 Å². The molecule has 2 atom stereocenters. The molecule has 0 bridgehead atoms. The number of methoxy groups -OCH3 is 1. The van der Waals surface area contributed by atoms with Crippen LogP contribution in [0.2, 0.25) is 0 Å². The summed E-state index contributed by atoms with van der Waals surface area (Å²) in [6, 6.07) is 8.85. The molecule has 142 valence electrons. The zero-order chi connectivity index (χ0) is 19.3. The van der Waals surface area contributed by atoms with Crippen molar-refractivity contribution in [2.45, 2.75) is 24.8 Å². The number of Topliss-reactive ketones (excluding diaryl/α,β-unsaturated/α-hetero) is 1. The van der Waals surface area contributed by atoms with Gasteiger partial charge in [0.05, 0.1) is 7.11 Å². The molecule has 0 saturated carbocycles. The number of carbonyl (C=O) groups excluding carboxylic acids is 1. The van der Waals surface area contributed by atoms with E-state index >= 15 is 0 Å². The number of benzene rings is 1. The summed E-state index contributed by atoms with van der Waals surface area (Å²) in [4.78, 5) is 18.7. The van der Waals surface area contributed by atoms with E-state index in [1.807, 2.05) is 17.5 Å². The molecule has 2 aromatic heterocycles. The number of aromatic nitrogens is 3. The zero-order valence-corrected chi connectivity index (χ0v) is 15.9. The Bertz CT molecular complexity index is 1090. The van der Waals surface area contributed by atoms with E-state index in [0.717, 1.165) is 17.7 Å². The summed E-state index contributed by atoms with van der Waals surface area (Å²) >= 11 is 1.68. The van der Waals surface area contributed by atoms with Crippen LogP contribution in [0.25, 0.3) is 0 Å². The molecule has 7 nitrogen and oxygen atoms in total. The first-order valence-corrected chi connectivity index (χ1v) is 9.86. The first-order chi connectivity index (χ1) is 13.7. The van der Waals surface area contributed by atoms with Crippen LogP contribution >= 0.6 is 11.3 Å². The second-order valence-electron chi connectivity index (χ2n) is 6.92. The van der Waals surface area contributed by atoms with Crippen molar-refractivity contribution in [3.63, 3.8) is 0 Å². The number of ether oxygens (including phenoxy) is 1. The van der Waals surface area contributed by atoms with Gasteiger partial charge in [-0.05, 0) is 35.6 Å². The molecule has 0 radical (unpaired) electrons. The molecule has 28 heavy (non-hydrogen) atoms. The molecular formula is C20H18N4O3S. The van der Waals surface area contributed by atoms with E-state index in [1.165, 1.54) is 18.3 Å². The van der Waals surface area contributed by atoms with Gasteiger partial charge in [-0.25, -0.2) is 4.68 Å². The van der Waals surface area contributed by atoms with Crippen LogP contribution in [0.4, 0.5) is 5.95 Å². The van der Waals surface area contributed by atoms with Crippen molar-refractivity contribution < 1.29 is 14.6 Å². The van der Waals surface area contributed by atoms with E-state index in [9.17, 15) is 9.90 Å². The maximum absolute atomic E-state index is 13.2. The Kier molecular flexibility index (Phi) is 3.94. The topological polar surface area (TPSA) is 89.3 Å². The molecule has 0 amide bonds. The lowest BCUT2D eigenvalue weighted by atomic mass is 9.80. The van der Waals surface area contributed by atoms with Gasteiger partial charge >= 0.3 is 0 Å². The second-order valence-corrected chi connectivity index (χ2v) is 7.90. The monoisotopic (exact) mass is 394 g/mol. The number of allylic oxidation sites excluding steroid dienone is 2. The van der Waals surface area contributed by atoms with Crippen LogP contribution in [0.5, 0.6) is 11.5 Å². The first-order valence-electron chi connectivity index (χ1n) is 8.98. The van der Waals surface area contributed by atoms with Crippen LogP contribution < -0.4 is 10.1 Å². The molecule has 1 aliphatic heterocycles. The number of thiophene rings is 1. The number of nitrogens with one attached hydrogen (secondary N) is 1. The molecule has 2 aliphatic rings. The maximum Gasteiger partial charge on any atom is 0.226 e. The van der Waals surface area contributed by atoms with Gasteiger partial charge in [-0.2, -0.15) is 10.1 Å². The van der Waals surface area contributed by atoms with Gasteiger partial charge in [-0.15, -0.1) is 11.3 Å². The highest BCUT2D eigenvalue weighted by molar-refractivity contribution is 7.10. The van der Waals surface area contributed by atoms with Crippen LogP contribution in [-0.4, -0.2) is 32.8 Å². The molecule has 5 rings (SSSR count). The number of ketones is 1. The molecule has 2 N–H and O–H groups in total. The number of hydrogen-bond donors (Lipinski definition) is 2. The number of fused-ring (bicyclic) bond motifs is 1. The maximum atomic E-state index is 13.2. The average molecular weight is 394 g/mol. The van der Waals surface area contributed by atoms with E-state index in [4.69, 9.17) is 4.74 Å². The summed E-state index contributed by atoms with van der Waals surface area (Å²) in [6.45, 7) is 0. The fraction of sp³-hybridized carbons (Fsp3) is 0.250. The van der Waals surface area contributed by atoms with Crippen LogP contribution in [0.1, 0.15) is 35.2 Å². The molecule has 1 aliphatic carbocycles. The molecule has 1 aromatic carbocycles. The SMILES string of the molecule is COc1ccc([C@@H]2C3=C(C[C@@H](c4cccs4)CC3=O)Nc3ncnn32)cc1O. The van der Waals surface area contributed by atoms with Crippen molar-refractivity contribution in [2.75, 3.05) is 12.4 Å². The minimum absolute atomic E-state index is 0.0297. The molecule has 8 heteroatoms. The fourth-order valence-corrected chi connectivity index (χ4v) is 4.89. The van der Waals surface area contributed by atoms with Crippen molar-refractivity contribution in [1.82, 2.24) is 14.8 Å². The summed E-state index contributed by atoms with van der Waals surface area (Å²) in [5, 5.41) is 19.9. The van der Waals surface area contributed by atoms with Gasteiger partial charge in [0.1, 0.15) is 12.4 Å². The molecule has 0 spiro atoms. The summed E-state index contributed by atoms with van der Waals surface area (Å²) in [5.74, 6) is 1.27. The molecule has 3 aromatic rings. The lowest BCUT2D eigenvalue weighted by Gasteiger charge is -2.34. The minimum Gasteiger partial charge on any atom is -0.504 e. The average Bonchev–Trinajstić information content (AvgIpc) is 3.38. The predicted octanol–water partition coefficient (Wildman–Crippen LogP) is 3.47. The number of phenols is 1. The van der Waals surface area contributed by atoms with E-state index in [1.54, 1.807) is 28.2 Å². The number of hydrogen-bond acceptors (Lipinski definition) is 7. The summed E-state index contributed by atoms with van der Waals surface area (Å²) in [7, 11) is 1.50. The van der Waals surface area contributed by atoms with E-state index in [-0.39, 0.29) is 17.5 Å². The van der Waals surface area contributed by atoms with Crippen LogP contribution in [-0.2, 0) is 4.79 Å². The molecule has 0 fully saturated rings. The Labute approximate surface area is 165 Å². The highest BCUT2D eigenvalue weighted by atomic mass is 32.1. The minimum atomic E-state index is -0.428. The van der Waals surface area contributed by atoms with Crippen molar-refractivity contribution in [1.29, 1.82) is 0 Å². The van der Waals surface area contributed by atoms with Crippen molar-refractivity contribution in [3.05, 3.63) is 63.7 Å². The highest BCUT2D eigenvalue weighted by Gasteiger charge is 2.39. The smallest absolute Gasteiger partial charge is 0.226 e. The molecule has 0 saturated heterocycles. The van der Waals surface area contributed by atoms with Gasteiger partial charge in [0, 0.05) is 28.5 Å². The molecule has 3 heterocycles. The standard InChI is InChI=1S/C20H18N4O3S/c1-27-16-5-4-11(8-14(16)25)19-18-13(23-20-21-10-22-24(19)20)7-12(9-15(18)26)17-3-2-6-28-17/h2-6,8,10,12,19,25H,7,9H2,1H3,(H,21,22,23)/t12-,19-/m1/s1. The highest BCUT2D eigenvalue weighted by Crippen LogP contribution is 2.45.